The number of benzene rings is 1. The maximum atomic E-state index is 13.0. The van der Waals surface area contributed by atoms with Gasteiger partial charge in [-0.3, -0.25) is 9.36 Å². The Hall–Kier alpha value is -1.99. The van der Waals surface area contributed by atoms with Gasteiger partial charge in [-0.2, -0.15) is 17.5 Å². The molecular weight excluding hydrogens is 547 g/mol. The lowest BCUT2D eigenvalue weighted by Gasteiger charge is -2.16. The predicted molar refractivity (Wildman–Crippen MR) is 107 cm³/mol. The van der Waals surface area contributed by atoms with Crippen molar-refractivity contribution in [2.75, 3.05) is 7.11 Å². The van der Waals surface area contributed by atoms with Crippen LogP contribution in [0.15, 0.2) is 33.9 Å². The molecule has 0 fully saturated rings. The van der Waals surface area contributed by atoms with Crippen LogP contribution in [-0.2, 0) is 26.0 Å². The van der Waals surface area contributed by atoms with Crippen LogP contribution in [0.1, 0.15) is 11.4 Å². The van der Waals surface area contributed by atoms with Gasteiger partial charge in [0, 0.05) is 18.5 Å². The molecule has 1 aromatic carbocycles. The molecule has 0 N–H and O–H groups in total. The molecule has 0 bridgehead atoms. The zero-order chi connectivity index (χ0) is 21.7. The number of carbonyl (C=O) groups excluding carboxylic acids is 1. The highest BCUT2D eigenvalue weighted by Gasteiger charge is 2.40. The summed E-state index contributed by atoms with van der Waals surface area (Å²) >= 11 is 7.44. The van der Waals surface area contributed by atoms with E-state index < -0.39 is 32.3 Å². The van der Waals surface area contributed by atoms with Crippen molar-refractivity contribution in [3.63, 3.8) is 0 Å². The molecule has 0 aliphatic carbocycles. The minimum Gasteiger partial charge on any atom is -0.467 e. The highest BCUT2D eigenvalue weighted by Crippen LogP contribution is 2.43. The topological polar surface area (TPSA) is 83.2 Å². The fraction of sp³-hybridized carbons (Fsp3) is 0.250. The second-order valence-corrected chi connectivity index (χ2v) is 10.1. The van der Waals surface area contributed by atoms with Crippen molar-refractivity contribution in [2.24, 2.45) is 7.05 Å². The van der Waals surface area contributed by atoms with Gasteiger partial charge < -0.3 is 4.74 Å². The number of hydrogen-bond acceptors (Lipinski definition) is 6. The Balaban J connectivity index is 2.27. The van der Waals surface area contributed by atoms with Crippen molar-refractivity contribution >= 4 is 59.4 Å². The molecule has 3 aromatic rings. The largest absolute Gasteiger partial charge is 0.467 e. The van der Waals surface area contributed by atoms with E-state index >= 15 is 0 Å². The third kappa shape index (κ3) is 3.66. The van der Waals surface area contributed by atoms with E-state index in [9.17, 15) is 27.6 Å². The van der Waals surface area contributed by atoms with Gasteiger partial charge in [0.15, 0.2) is 0 Å². The molecular formula is C16H10Br2F3N3O4S. The molecule has 0 spiro atoms. The van der Waals surface area contributed by atoms with Gasteiger partial charge in [0.1, 0.15) is 11.4 Å². The summed E-state index contributed by atoms with van der Waals surface area (Å²) in [6.07, 6.45) is -4.85. The van der Waals surface area contributed by atoms with Gasteiger partial charge in [0.05, 0.1) is 17.5 Å². The number of halogens is 5. The third-order valence-electron chi connectivity index (χ3n) is 4.06. The summed E-state index contributed by atoms with van der Waals surface area (Å²) in [4.78, 5) is 36.9. The number of aromatic nitrogens is 3. The Morgan fingerprint density at radius 2 is 1.86 bits per heavy atom. The van der Waals surface area contributed by atoms with Gasteiger partial charge in [-0.05, 0) is 29.7 Å². The molecule has 0 unspecified atom stereocenters. The lowest BCUT2D eigenvalue weighted by Crippen LogP contribution is -2.40. The minimum absolute atomic E-state index is 0.0268. The quantitative estimate of drug-likeness (QED) is 0.365. The molecule has 7 nitrogen and oxygen atoms in total. The Bertz CT molecular complexity index is 1250. The molecule has 0 amide bonds. The number of hydrogen-bond donors (Lipinski definition) is 0. The fourth-order valence-electron chi connectivity index (χ4n) is 2.65. The first-order valence-electron chi connectivity index (χ1n) is 7.66. The van der Waals surface area contributed by atoms with Crippen LogP contribution in [0.4, 0.5) is 13.2 Å². The van der Waals surface area contributed by atoms with Gasteiger partial charge in [-0.25, -0.2) is 14.2 Å². The molecule has 154 valence electrons. The molecule has 2 heterocycles. The van der Waals surface area contributed by atoms with E-state index in [2.05, 4.69) is 36.2 Å². The molecule has 3 rings (SSSR count). The maximum Gasteiger partial charge on any atom is 0.431 e. The molecule has 0 aliphatic rings. The van der Waals surface area contributed by atoms with E-state index in [1.165, 1.54) is 19.2 Å². The number of alkyl halides is 5. The first-order valence-corrected chi connectivity index (χ1v) is 10.0. The van der Waals surface area contributed by atoms with Gasteiger partial charge in [0.2, 0.25) is 3.23 Å². The van der Waals surface area contributed by atoms with Crippen LogP contribution < -0.4 is 11.2 Å². The summed E-state index contributed by atoms with van der Waals surface area (Å²) in [5, 5.41) is 0.403. The van der Waals surface area contributed by atoms with Crippen molar-refractivity contribution < 1.29 is 22.7 Å². The Kier molecular flexibility index (Phi) is 5.51. The summed E-state index contributed by atoms with van der Waals surface area (Å²) in [7, 11) is 2.11. The van der Waals surface area contributed by atoms with Crippen molar-refractivity contribution in [3.8, 4) is 5.69 Å². The lowest BCUT2D eigenvalue weighted by molar-refractivity contribution is -0.144. The number of rotatable bonds is 3. The van der Waals surface area contributed by atoms with E-state index in [-0.39, 0.29) is 11.4 Å². The van der Waals surface area contributed by atoms with Crippen LogP contribution in [0.2, 0.25) is 0 Å². The number of fused-ring (bicyclic) bond motifs is 1. The number of carbonyl (C=O) groups is 1. The van der Waals surface area contributed by atoms with Crippen LogP contribution in [0.5, 0.6) is 0 Å². The molecule has 0 saturated heterocycles. The van der Waals surface area contributed by atoms with Crippen molar-refractivity contribution in [3.05, 3.63) is 56.5 Å². The molecule has 0 radical (unpaired) electrons. The Morgan fingerprint density at radius 1 is 1.21 bits per heavy atom. The predicted octanol–water partition coefficient (Wildman–Crippen LogP) is 3.28. The monoisotopic (exact) mass is 555 g/mol. The van der Waals surface area contributed by atoms with Crippen LogP contribution in [0.25, 0.3) is 15.8 Å². The molecule has 13 heteroatoms. The zero-order valence-corrected chi connectivity index (χ0v) is 18.6. The van der Waals surface area contributed by atoms with E-state index in [4.69, 9.17) is 4.74 Å². The molecule has 0 atom stereocenters. The van der Waals surface area contributed by atoms with Crippen molar-refractivity contribution in [2.45, 2.75) is 9.41 Å². The van der Waals surface area contributed by atoms with Crippen molar-refractivity contribution in [1.82, 2.24) is 13.5 Å². The number of nitrogens with zero attached hydrogens (tertiary/aromatic N) is 3. The van der Waals surface area contributed by atoms with E-state index in [0.717, 1.165) is 18.6 Å². The van der Waals surface area contributed by atoms with Gasteiger partial charge >= 0.3 is 17.8 Å². The van der Waals surface area contributed by atoms with Gasteiger partial charge in [-0.15, -0.1) is 0 Å². The SMILES string of the molecule is COC(=O)C(Br)(Br)c1nsc2ccc(-n3c(=O)cc(C(F)(F)F)n(C)c3=O)cc12. The van der Waals surface area contributed by atoms with Crippen LogP contribution in [0, 0.1) is 0 Å². The smallest absolute Gasteiger partial charge is 0.431 e. The summed E-state index contributed by atoms with van der Waals surface area (Å²) in [6.45, 7) is 0. The minimum atomic E-state index is -4.85. The average molecular weight is 557 g/mol. The van der Waals surface area contributed by atoms with Crippen molar-refractivity contribution in [1.29, 1.82) is 0 Å². The number of esters is 1. The molecule has 0 aliphatic heterocycles. The molecule has 2 aromatic heterocycles. The van der Waals surface area contributed by atoms with Crippen LogP contribution in [-0.4, -0.2) is 26.6 Å². The van der Waals surface area contributed by atoms with E-state index in [1.807, 2.05) is 0 Å². The number of ether oxygens (including phenoxy) is 1. The first-order chi connectivity index (χ1) is 13.4. The zero-order valence-electron chi connectivity index (χ0n) is 14.6. The Morgan fingerprint density at radius 3 is 2.45 bits per heavy atom. The highest BCUT2D eigenvalue weighted by molar-refractivity contribution is 9.25. The third-order valence-corrected chi connectivity index (χ3v) is 6.29. The second-order valence-electron chi connectivity index (χ2n) is 5.82. The van der Waals surface area contributed by atoms with Crippen LogP contribution >= 0.6 is 43.4 Å². The van der Waals surface area contributed by atoms with Crippen LogP contribution in [0.3, 0.4) is 0 Å². The summed E-state index contributed by atoms with van der Waals surface area (Å²) < 4.78 is 48.1. The second kappa shape index (κ2) is 7.36. The Labute approximate surface area is 181 Å². The van der Waals surface area contributed by atoms with Gasteiger partial charge in [0.25, 0.3) is 5.56 Å². The van der Waals surface area contributed by atoms with E-state index in [0.29, 0.717) is 25.3 Å². The summed E-state index contributed by atoms with van der Waals surface area (Å²) in [6, 6.07) is 4.70. The summed E-state index contributed by atoms with van der Waals surface area (Å²) in [5.41, 5.74) is -3.41. The van der Waals surface area contributed by atoms with E-state index in [1.54, 1.807) is 6.07 Å². The first kappa shape index (κ1) is 21.7. The van der Waals surface area contributed by atoms with Gasteiger partial charge in [-0.1, -0.05) is 31.9 Å². The summed E-state index contributed by atoms with van der Waals surface area (Å²) in [5.74, 6) is -0.697. The standard InChI is InChI=1S/C16H10Br2F3N3O4S/c1-23-10(16(19,20)21)6-11(25)24(14(23)27)7-3-4-9-8(5-7)12(22-29-9)15(17,18)13(26)28-2/h3-6H,1-2H3. The fourth-order valence-corrected chi connectivity index (χ4v) is 4.62. The molecule has 0 saturated carbocycles. The number of methoxy groups -OCH3 is 1. The molecule has 29 heavy (non-hydrogen) atoms. The maximum absolute atomic E-state index is 13.0. The normalized spacial score (nSPS) is 12.4. The highest BCUT2D eigenvalue weighted by atomic mass is 79.9. The lowest BCUT2D eigenvalue weighted by atomic mass is 10.1. The average Bonchev–Trinajstić information content (AvgIpc) is 3.07.